The van der Waals surface area contributed by atoms with Gasteiger partial charge in [-0.15, -0.1) is 0 Å². The number of piperidine rings is 1. The minimum atomic E-state index is -3.69. The van der Waals surface area contributed by atoms with Crippen molar-refractivity contribution in [3.63, 3.8) is 0 Å². The molecule has 2 aromatic carbocycles. The number of hydrogen-bond donors (Lipinski definition) is 1. The minimum Gasteiger partial charge on any atom is -0.325 e. The van der Waals surface area contributed by atoms with Gasteiger partial charge in [-0.25, -0.2) is 8.42 Å². The number of rotatable bonds is 4. The standard InChI is InChI=1S/C18H19IN2O3S/c19-14-7-6-8-15(13-14)20-18(22)17-11-4-5-12-21(17)25(23,24)16-9-2-1-3-10-16/h1-3,6-10,13,17H,4-5,11-12H2,(H,20,22)/t17-/m0/s1. The first-order valence-corrected chi connectivity index (χ1v) is 10.6. The number of hydrogen-bond acceptors (Lipinski definition) is 3. The second-order valence-electron chi connectivity index (χ2n) is 5.94. The lowest BCUT2D eigenvalue weighted by Crippen LogP contribution is -2.49. The average Bonchev–Trinajstić information content (AvgIpc) is 2.62. The van der Waals surface area contributed by atoms with Gasteiger partial charge in [-0.05, 0) is 65.8 Å². The van der Waals surface area contributed by atoms with Gasteiger partial charge in [-0.2, -0.15) is 4.31 Å². The molecule has 1 amide bonds. The molecule has 0 bridgehead atoms. The van der Waals surface area contributed by atoms with Crippen molar-refractivity contribution in [1.82, 2.24) is 4.31 Å². The number of carbonyl (C=O) groups excluding carboxylic acids is 1. The monoisotopic (exact) mass is 470 g/mol. The Morgan fingerprint density at radius 3 is 2.56 bits per heavy atom. The number of benzene rings is 2. The summed E-state index contributed by atoms with van der Waals surface area (Å²) in [5.41, 5.74) is 0.680. The summed E-state index contributed by atoms with van der Waals surface area (Å²) in [5.74, 6) is -0.277. The molecule has 1 saturated heterocycles. The zero-order valence-electron chi connectivity index (χ0n) is 13.6. The van der Waals surface area contributed by atoms with Gasteiger partial charge >= 0.3 is 0 Å². The SMILES string of the molecule is O=C(Nc1cccc(I)c1)[C@@H]1CCCCN1S(=O)(=O)c1ccccc1. The van der Waals surface area contributed by atoms with Gasteiger partial charge in [0.25, 0.3) is 0 Å². The van der Waals surface area contributed by atoms with E-state index in [0.717, 1.165) is 16.4 Å². The molecular formula is C18H19IN2O3S. The van der Waals surface area contributed by atoms with E-state index < -0.39 is 16.1 Å². The van der Waals surface area contributed by atoms with Crippen LogP contribution in [0.4, 0.5) is 5.69 Å². The number of nitrogens with one attached hydrogen (secondary N) is 1. The molecule has 0 saturated carbocycles. The van der Waals surface area contributed by atoms with Crippen molar-refractivity contribution in [2.45, 2.75) is 30.2 Å². The zero-order chi connectivity index (χ0) is 17.9. The van der Waals surface area contributed by atoms with Crippen molar-refractivity contribution >= 4 is 44.2 Å². The summed E-state index contributed by atoms with van der Waals surface area (Å²) >= 11 is 2.17. The number of anilines is 1. The second-order valence-corrected chi connectivity index (χ2v) is 9.08. The summed E-state index contributed by atoms with van der Waals surface area (Å²) in [7, 11) is -3.69. The van der Waals surface area contributed by atoms with Gasteiger partial charge in [0.15, 0.2) is 0 Å². The van der Waals surface area contributed by atoms with E-state index in [4.69, 9.17) is 0 Å². The highest BCUT2D eigenvalue weighted by Gasteiger charge is 2.37. The molecule has 0 radical (unpaired) electrons. The fourth-order valence-corrected chi connectivity index (χ4v) is 5.19. The molecule has 2 aromatic rings. The maximum atomic E-state index is 13.0. The predicted molar refractivity (Wildman–Crippen MR) is 106 cm³/mol. The first kappa shape index (κ1) is 18.3. The number of sulfonamides is 1. The van der Waals surface area contributed by atoms with Crippen LogP contribution in [0.15, 0.2) is 59.5 Å². The largest absolute Gasteiger partial charge is 0.325 e. The lowest BCUT2D eigenvalue weighted by Gasteiger charge is -2.33. The van der Waals surface area contributed by atoms with Gasteiger partial charge in [-0.1, -0.05) is 30.7 Å². The molecule has 1 aliphatic rings. The van der Waals surface area contributed by atoms with Gasteiger partial charge in [0, 0.05) is 15.8 Å². The lowest BCUT2D eigenvalue weighted by molar-refractivity contribution is -0.120. The van der Waals surface area contributed by atoms with Crippen LogP contribution in [0.1, 0.15) is 19.3 Å². The Hall–Kier alpha value is -1.45. The molecule has 1 fully saturated rings. The van der Waals surface area contributed by atoms with E-state index in [-0.39, 0.29) is 10.8 Å². The fraction of sp³-hybridized carbons (Fsp3) is 0.278. The van der Waals surface area contributed by atoms with Crippen molar-refractivity contribution < 1.29 is 13.2 Å². The van der Waals surface area contributed by atoms with Crippen molar-refractivity contribution in [1.29, 1.82) is 0 Å². The predicted octanol–water partition coefficient (Wildman–Crippen LogP) is 3.47. The van der Waals surface area contributed by atoms with Gasteiger partial charge in [0.2, 0.25) is 15.9 Å². The van der Waals surface area contributed by atoms with Crippen molar-refractivity contribution in [2.24, 2.45) is 0 Å². The molecule has 0 aliphatic carbocycles. The minimum absolute atomic E-state index is 0.226. The Kier molecular flexibility index (Phi) is 5.75. The van der Waals surface area contributed by atoms with Crippen LogP contribution >= 0.6 is 22.6 Å². The van der Waals surface area contributed by atoms with Crippen LogP contribution in [0.5, 0.6) is 0 Å². The summed E-state index contributed by atoms with van der Waals surface area (Å²) in [5, 5.41) is 2.86. The maximum absolute atomic E-state index is 13.0. The molecule has 3 rings (SSSR count). The van der Waals surface area contributed by atoms with Crippen LogP contribution in [0.2, 0.25) is 0 Å². The molecular weight excluding hydrogens is 451 g/mol. The highest BCUT2D eigenvalue weighted by atomic mass is 127. The van der Waals surface area contributed by atoms with Crippen LogP contribution in [0.25, 0.3) is 0 Å². The van der Waals surface area contributed by atoms with E-state index in [1.54, 1.807) is 36.4 Å². The van der Waals surface area contributed by atoms with Crippen molar-refractivity contribution in [3.05, 3.63) is 58.2 Å². The van der Waals surface area contributed by atoms with Crippen LogP contribution in [-0.4, -0.2) is 31.2 Å². The molecule has 0 spiro atoms. The third-order valence-electron chi connectivity index (χ3n) is 4.20. The van der Waals surface area contributed by atoms with E-state index in [0.29, 0.717) is 18.7 Å². The molecule has 0 aromatic heterocycles. The van der Waals surface area contributed by atoms with Crippen LogP contribution in [-0.2, 0) is 14.8 Å². The Morgan fingerprint density at radius 2 is 1.84 bits per heavy atom. The Balaban J connectivity index is 1.84. The molecule has 7 heteroatoms. The molecule has 132 valence electrons. The van der Waals surface area contributed by atoms with Crippen LogP contribution in [0.3, 0.4) is 0 Å². The molecule has 1 N–H and O–H groups in total. The molecule has 1 aliphatic heterocycles. The second kappa shape index (κ2) is 7.84. The van der Waals surface area contributed by atoms with Gasteiger partial charge in [0.1, 0.15) is 6.04 Å². The molecule has 25 heavy (non-hydrogen) atoms. The Labute approximate surface area is 161 Å². The highest BCUT2D eigenvalue weighted by Crippen LogP contribution is 2.26. The number of carbonyl (C=O) groups is 1. The van der Waals surface area contributed by atoms with E-state index in [9.17, 15) is 13.2 Å². The fourth-order valence-electron chi connectivity index (χ4n) is 2.97. The summed E-state index contributed by atoms with van der Waals surface area (Å²) in [4.78, 5) is 13.0. The van der Waals surface area contributed by atoms with E-state index in [1.165, 1.54) is 4.31 Å². The lowest BCUT2D eigenvalue weighted by atomic mass is 10.0. The first-order valence-electron chi connectivity index (χ1n) is 8.12. The summed E-state index contributed by atoms with van der Waals surface area (Å²) in [6.07, 6.45) is 2.13. The third-order valence-corrected chi connectivity index (χ3v) is 6.79. The summed E-state index contributed by atoms with van der Waals surface area (Å²) in [6, 6.07) is 15.1. The Bertz CT molecular complexity index is 856. The summed E-state index contributed by atoms with van der Waals surface area (Å²) < 4.78 is 28.3. The zero-order valence-corrected chi connectivity index (χ0v) is 16.5. The normalized spacial score (nSPS) is 18.7. The highest BCUT2D eigenvalue weighted by molar-refractivity contribution is 14.1. The number of nitrogens with zero attached hydrogens (tertiary/aromatic N) is 1. The van der Waals surface area contributed by atoms with Crippen molar-refractivity contribution in [3.8, 4) is 0 Å². The maximum Gasteiger partial charge on any atom is 0.243 e. The van der Waals surface area contributed by atoms with Gasteiger partial charge < -0.3 is 5.32 Å². The van der Waals surface area contributed by atoms with Crippen LogP contribution < -0.4 is 5.32 Å². The van der Waals surface area contributed by atoms with Crippen molar-refractivity contribution in [2.75, 3.05) is 11.9 Å². The molecule has 0 unspecified atom stereocenters. The van der Waals surface area contributed by atoms with E-state index >= 15 is 0 Å². The summed E-state index contributed by atoms with van der Waals surface area (Å²) in [6.45, 7) is 0.363. The molecule has 5 nitrogen and oxygen atoms in total. The number of amides is 1. The average molecular weight is 470 g/mol. The van der Waals surface area contributed by atoms with E-state index in [2.05, 4.69) is 27.9 Å². The topological polar surface area (TPSA) is 66.5 Å². The van der Waals surface area contributed by atoms with E-state index in [1.807, 2.05) is 18.2 Å². The van der Waals surface area contributed by atoms with Gasteiger partial charge in [-0.3, -0.25) is 4.79 Å². The Morgan fingerprint density at radius 1 is 1.08 bits per heavy atom. The quantitative estimate of drug-likeness (QED) is 0.697. The van der Waals surface area contributed by atoms with Gasteiger partial charge in [0.05, 0.1) is 4.90 Å². The smallest absolute Gasteiger partial charge is 0.243 e. The first-order chi connectivity index (χ1) is 12.0. The van der Waals surface area contributed by atoms with Crippen LogP contribution in [0, 0.1) is 3.57 Å². The number of halogens is 1. The third kappa shape index (κ3) is 4.21. The molecule has 1 heterocycles. The molecule has 1 atom stereocenters.